The van der Waals surface area contributed by atoms with Gasteiger partial charge in [0.05, 0.1) is 9.79 Å². The van der Waals surface area contributed by atoms with Crippen LogP contribution < -0.4 is 9.86 Å². The molecule has 0 aliphatic carbocycles. The number of hydrogen-bond donors (Lipinski definition) is 2. The third kappa shape index (κ3) is 5.37. The fraction of sp³-hybridized carbons (Fsp3) is 0.294. The first-order valence-electron chi connectivity index (χ1n) is 7.81. The van der Waals surface area contributed by atoms with Crippen molar-refractivity contribution in [1.29, 1.82) is 0 Å². The Hall–Kier alpha value is -1.74. The molecule has 2 rings (SSSR count). The van der Waals surface area contributed by atoms with Crippen LogP contribution >= 0.6 is 0 Å². The largest absolute Gasteiger partial charge is 0.240 e. The van der Waals surface area contributed by atoms with E-state index in [0.29, 0.717) is 12.3 Å². The molecule has 0 heterocycles. The van der Waals surface area contributed by atoms with Gasteiger partial charge in [-0.15, -0.1) is 0 Å². The molecule has 25 heavy (non-hydrogen) atoms. The summed E-state index contributed by atoms with van der Waals surface area (Å²) in [6.45, 7) is 4.30. The monoisotopic (exact) mass is 382 g/mol. The molecule has 0 amide bonds. The second kappa shape index (κ2) is 7.65. The smallest absolute Gasteiger partial charge is 0.225 e. The molecule has 2 aromatic rings. The average molecular weight is 383 g/mol. The van der Waals surface area contributed by atoms with Crippen LogP contribution in [0.4, 0.5) is 0 Å². The molecule has 136 valence electrons. The van der Waals surface area contributed by atoms with Crippen molar-refractivity contribution in [2.75, 3.05) is 6.54 Å². The van der Waals surface area contributed by atoms with Gasteiger partial charge in [-0.3, -0.25) is 0 Å². The molecule has 0 aromatic heterocycles. The highest BCUT2D eigenvalue weighted by Crippen LogP contribution is 2.17. The van der Waals surface area contributed by atoms with Gasteiger partial charge in [-0.1, -0.05) is 38.1 Å². The van der Waals surface area contributed by atoms with Crippen LogP contribution in [0.1, 0.15) is 30.9 Å². The number of nitrogens with two attached hydrogens (primary N) is 1. The maximum absolute atomic E-state index is 12.3. The quantitative estimate of drug-likeness (QED) is 0.763. The van der Waals surface area contributed by atoms with Crippen molar-refractivity contribution in [3.05, 3.63) is 59.7 Å². The van der Waals surface area contributed by atoms with Gasteiger partial charge in [0.15, 0.2) is 0 Å². The van der Waals surface area contributed by atoms with Crippen LogP contribution in [0.5, 0.6) is 0 Å². The van der Waals surface area contributed by atoms with Crippen molar-refractivity contribution >= 4 is 20.0 Å². The molecule has 0 fully saturated rings. The zero-order valence-corrected chi connectivity index (χ0v) is 15.8. The molecule has 0 radical (unpaired) electrons. The standard InChI is InChI=1S/C17H22N2O4S2/c1-13(2)15-5-9-17(10-6-15)25(22,23)19-12-11-14-3-7-16(8-4-14)24(18,20)21/h3-10,13,19H,11-12H2,1-2H3,(H2,18,20,21). The summed E-state index contributed by atoms with van der Waals surface area (Å²) in [6, 6.07) is 12.9. The summed E-state index contributed by atoms with van der Waals surface area (Å²) in [5, 5.41) is 5.04. The molecule has 3 N–H and O–H groups in total. The maximum atomic E-state index is 12.3. The molecule has 0 bridgehead atoms. The van der Waals surface area contributed by atoms with Crippen molar-refractivity contribution in [3.63, 3.8) is 0 Å². The van der Waals surface area contributed by atoms with Gasteiger partial charge in [-0.2, -0.15) is 0 Å². The number of sulfonamides is 2. The predicted molar refractivity (Wildman–Crippen MR) is 97.2 cm³/mol. The summed E-state index contributed by atoms with van der Waals surface area (Å²) in [7, 11) is -7.29. The Bertz CT molecular complexity index is 918. The minimum absolute atomic E-state index is 0.0297. The van der Waals surface area contributed by atoms with Gasteiger partial charge < -0.3 is 0 Å². The molecule has 0 saturated heterocycles. The van der Waals surface area contributed by atoms with Crippen molar-refractivity contribution in [3.8, 4) is 0 Å². The van der Waals surface area contributed by atoms with Crippen LogP contribution in [0, 0.1) is 0 Å². The molecule has 0 aliphatic heterocycles. The van der Waals surface area contributed by atoms with Crippen molar-refractivity contribution < 1.29 is 16.8 Å². The fourth-order valence-corrected chi connectivity index (χ4v) is 3.84. The number of nitrogens with one attached hydrogen (secondary N) is 1. The van der Waals surface area contributed by atoms with E-state index < -0.39 is 20.0 Å². The number of hydrogen-bond acceptors (Lipinski definition) is 4. The van der Waals surface area contributed by atoms with Crippen molar-refractivity contribution in [2.45, 2.75) is 36.0 Å². The molecule has 2 aromatic carbocycles. The van der Waals surface area contributed by atoms with Crippen LogP contribution in [0.15, 0.2) is 58.3 Å². The highest BCUT2D eigenvalue weighted by Gasteiger charge is 2.14. The minimum atomic E-state index is -3.72. The zero-order valence-electron chi connectivity index (χ0n) is 14.1. The van der Waals surface area contributed by atoms with E-state index in [9.17, 15) is 16.8 Å². The molecular weight excluding hydrogens is 360 g/mol. The summed E-state index contributed by atoms with van der Waals surface area (Å²) < 4.78 is 49.5. The predicted octanol–water partition coefficient (Wildman–Crippen LogP) is 1.98. The third-order valence-electron chi connectivity index (χ3n) is 3.81. The van der Waals surface area contributed by atoms with Crippen LogP contribution in [0.2, 0.25) is 0 Å². The maximum Gasteiger partial charge on any atom is 0.240 e. The number of rotatable bonds is 7. The third-order valence-corrected chi connectivity index (χ3v) is 6.22. The molecule has 0 atom stereocenters. The lowest BCUT2D eigenvalue weighted by Crippen LogP contribution is -2.26. The first-order valence-corrected chi connectivity index (χ1v) is 10.8. The van der Waals surface area contributed by atoms with Crippen LogP contribution in [-0.4, -0.2) is 23.4 Å². The summed E-state index contributed by atoms with van der Waals surface area (Å²) in [5.41, 5.74) is 1.89. The second-order valence-corrected chi connectivity index (χ2v) is 9.39. The first-order chi connectivity index (χ1) is 11.6. The summed E-state index contributed by atoms with van der Waals surface area (Å²) in [4.78, 5) is 0.253. The molecule has 6 nitrogen and oxygen atoms in total. The average Bonchev–Trinajstić information content (AvgIpc) is 2.54. The van der Waals surface area contributed by atoms with Gasteiger partial charge in [0.1, 0.15) is 0 Å². The summed E-state index contributed by atoms with van der Waals surface area (Å²) in [6.07, 6.45) is 0.439. The van der Waals surface area contributed by atoms with E-state index in [4.69, 9.17) is 5.14 Å². The molecular formula is C17H22N2O4S2. The van der Waals surface area contributed by atoms with Gasteiger partial charge in [-0.25, -0.2) is 26.7 Å². The van der Waals surface area contributed by atoms with Gasteiger partial charge >= 0.3 is 0 Å². The van der Waals surface area contributed by atoms with Gasteiger partial charge in [0.25, 0.3) is 0 Å². The lowest BCUT2D eigenvalue weighted by Gasteiger charge is -2.09. The van der Waals surface area contributed by atoms with Crippen molar-refractivity contribution in [2.24, 2.45) is 5.14 Å². The Morgan fingerprint density at radius 3 is 1.88 bits per heavy atom. The molecule has 0 unspecified atom stereocenters. The Balaban J connectivity index is 1.98. The lowest BCUT2D eigenvalue weighted by molar-refractivity contribution is 0.581. The lowest BCUT2D eigenvalue weighted by atomic mass is 10.0. The second-order valence-electron chi connectivity index (χ2n) is 6.06. The minimum Gasteiger partial charge on any atom is -0.225 e. The number of benzene rings is 2. The highest BCUT2D eigenvalue weighted by atomic mass is 32.2. The molecule has 0 aliphatic rings. The van der Waals surface area contributed by atoms with E-state index in [2.05, 4.69) is 4.72 Å². The van der Waals surface area contributed by atoms with E-state index in [1.165, 1.54) is 12.1 Å². The Labute approximate surface area is 149 Å². The summed E-state index contributed by atoms with van der Waals surface area (Å²) >= 11 is 0. The van der Waals surface area contributed by atoms with Gasteiger partial charge in [0.2, 0.25) is 20.0 Å². The molecule has 8 heteroatoms. The van der Waals surface area contributed by atoms with Crippen LogP contribution in [-0.2, 0) is 26.5 Å². The van der Waals surface area contributed by atoms with Crippen LogP contribution in [0.25, 0.3) is 0 Å². The Morgan fingerprint density at radius 1 is 0.880 bits per heavy atom. The van der Waals surface area contributed by atoms with E-state index in [-0.39, 0.29) is 16.3 Å². The molecule has 0 spiro atoms. The highest BCUT2D eigenvalue weighted by molar-refractivity contribution is 7.89. The zero-order chi connectivity index (χ0) is 18.7. The van der Waals surface area contributed by atoms with E-state index in [1.54, 1.807) is 24.3 Å². The molecule has 0 saturated carbocycles. The Morgan fingerprint density at radius 2 is 1.40 bits per heavy atom. The first kappa shape index (κ1) is 19.6. The Kier molecular flexibility index (Phi) is 5.99. The topological polar surface area (TPSA) is 106 Å². The van der Waals surface area contributed by atoms with E-state index in [1.807, 2.05) is 26.0 Å². The normalized spacial score (nSPS) is 12.5. The van der Waals surface area contributed by atoms with E-state index in [0.717, 1.165) is 11.1 Å². The summed E-state index contributed by atoms with van der Waals surface area (Å²) in [5.74, 6) is 0.338. The SMILES string of the molecule is CC(C)c1ccc(S(=O)(=O)NCCc2ccc(S(N)(=O)=O)cc2)cc1. The van der Waals surface area contributed by atoms with Gasteiger partial charge in [0, 0.05) is 6.54 Å². The van der Waals surface area contributed by atoms with Crippen LogP contribution in [0.3, 0.4) is 0 Å². The number of primary sulfonamides is 1. The van der Waals surface area contributed by atoms with Crippen molar-refractivity contribution in [1.82, 2.24) is 4.72 Å². The van der Waals surface area contributed by atoms with Gasteiger partial charge in [-0.05, 0) is 47.7 Å². The van der Waals surface area contributed by atoms with E-state index >= 15 is 0 Å². The fourth-order valence-electron chi connectivity index (χ4n) is 2.29.